The number of amides is 1. The van der Waals surface area contributed by atoms with E-state index in [1.54, 1.807) is 0 Å². The first kappa shape index (κ1) is 48.5. The molecule has 0 radical (unpaired) electrons. The van der Waals surface area contributed by atoms with Gasteiger partial charge in [-0.15, -0.1) is 0 Å². The summed E-state index contributed by atoms with van der Waals surface area (Å²) in [4.78, 5) is 12.3. The molecule has 0 unspecified atom stereocenters. The number of hydrogen-bond donors (Lipinski definition) is 17. The molecule has 5 aliphatic rings. The number of aliphatic hydroxyl groups excluding tert-OH is 16. The first-order valence-electron chi connectivity index (χ1n) is 18.6. The van der Waals surface area contributed by atoms with Crippen molar-refractivity contribution in [3.05, 3.63) is 0 Å². The average molecular weight is 870 g/mol. The highest BCUT2D eigenvalue weighted by Gasteiger charge is 2.58. The Bertz CT molecular complexity index is 1340. The van der Waals surface area contributed by atoms with E-state index in [9.17, 15) is 86.5 Å². The van der Waals surface area contributed by atoms with Gasteiger partial charge in [-0.2, -0.15) is 0 Å². The Labute approximate surface area is 333 Å². The van der Waals surface area contributed by atoms with E-state index in [2.05, 4.69) is 5.32 Å². The lowest BCUT2D eigenvalue weighted by atomic mass is 9.93. The fourth-order valence-electron chi connectivity index (χ4n) is 7.47. The van der Waals surface area contributed by atoms with Crippen molar-refractivity contribution in [2.24, 2.45) is 0 Å². The van der Waals surface area contributed by atoms with Crippen molar-refractivity contribution >= 4 is 5.91 Å². The predicted molar refractivity (Wildman–Crippen MR) is 178 cm³/mol. The minimum Gasteiger partial charge on any atom is -0.394 e. The molecule has 1 amide bonds. The maximum Gasteiger partial charge on any atom is 0.221 e. The van der Waals surface area contributed by atoms with E-state index in [0.29, 0.717) is 0 Å². The van der Waals surface area contributed by atoms with Gasteiger partial charge >= 0.3 is 0 Å². The van der Waals surface area contributed by atoms with Gasteiger partial charge in [-0.05, 0) is 0 Å². The Morgan fingerprint density at radius 2 is 0.983 bits per heavy atom. The van der Waals surface area contributed by atoms with Crippen LogP contribution in [-0.4, -0.2) is 274 Å². The molecular formula is C32H55NO26. The summed E-state index contributed by atoms with van der Waals surface area (Å²) in [6.45, 7) is -4.53. The Kier molecular flexibility index (Phi) is 16.7. The maximum atomic E-state index is 12.3. The standard InChI is InChI=1S/C32H55NO26/c1-8(39)33-14-16(42)23(57-31-22(48)19(45)26(13(5-37)55-31)59-32(7-38)27(49)15(41)9(40)6-51-32)11(3-35)53-29(14)56-25-12(4-36)54-30(21(47)18(25)44)58-24-10(2-34)52-28(50)20(46)17(24)43/h9-31,34-38,40-50H,2-7H2,1H3,(H,33,39)/t9-,10-,11-,12-,13-,14-,15-,16-,17-,18-,19-,20+,21+,22+,23-,24-,25-,26-,27+,28+,29+,30-,31-,32+/m1/s1. The van der Waals surface area contributed by atoms with Crippen molar-refractivity contribution in [2.75, 3.05) is 39.6 Å². The Morgan fingerprint density at radius 3 is 1.47 bits per heavy atom. The third-order valence-electron chi connectivity index (χ3n) is 10.8. The third kappa shape index (κ3) is 9.84. The van der Waals surface area contributed by atoms with Crippen molar-refractivity contribution in [3.63, 3.8) is 0 Å². The first-order chi connectivity index (χ1) is 27.9. The zero-order valence-electron chi connectivity index (χ0n) is 31.3. The van der Waals surface area contributed by atoms with Crippen LogP contribution in [0.25, 0.3) is 0 Å². The van der Waals surface area contributed by atoms with E-state index in [4.69, 9.17) is 42.6 Å². The number of carbonyl (C=O) groups excluding carboxylic acids is 1. The summed E-state index contributed by atoms with van der Waals surface area (Å²) in [5.41, 5.74) is 0. The van der Waals surface area contributed by atoms with Crippen molar-refractivity contribution in [3.8, 4) is 0 Å². The molecule has 17 N–H and O–H groups in total. The molecule has 0 aromatic rings. The van der Waals surface area contributed by atoms with Crippen molar-refractivity contribution in [2.45, 2.75) is 154 Å². The summed E-state index contributed by atoms with van der Waals surface area (Å²) in [5, 5.41) is 169. The Hall–Kier alpha value is -1.53. The van der Waals surface area contributed by atoms with Crippen molar-refractivity contribution in [1.29, 1.82) is 0 Å². The van der Waals surface area contributed by atoms with Crippen LogP contribution in [0.15, 0.2) is 0 Å². The molecule has 27 heteroatoms. The molecule has 5 fully saturated rings. The summed E-state index contributed by atoms with van der Waals surface area (Å²) in [6.07, 6.45) is -40.7. The first-order valence-corrected chi connectivity index (χ1v) is 18.6. The van der Waals surface area contributed by atoms with Crippen LogP contribution in [0.2, 0.25) is 0 Å². The van der Waals surface area contributed by atoms with E-state index < -0.39 is 192 Å². The number of nitrogens with one attached hydrogen (secondary N) is 1. The molecule has 0 aromatic carbocycles. The molecule has 0 saturated carbocycles. The average Bonchev–Trinajstić information content (AvgIpc) is 3.22. The summed E-state index contributed by atoms with van der Waals surface area (Å²) in [5.74, 6) is -3.28. The third-order valence-corrected chi connectivity index (χ3v) is 10.8. The highest BCUT2D eigenvalue weighted by molar-refractivity contribution is 5.73. The van der Waals surface area contributed by atoms with Crippen LogP contribution in [0.5, 0.6) is 0 Å². The lowest BCUT2D eigenvalue weighted by molar-refractivity contribution is -0.404. The molecule has 5 heterocycles. The minimum atomic E-state index is -2.48. The SMILES string of the molecule is CC(=O)N[C@H]1[C@H](O[C@H]2[C@H](O)[C@H](O)[C@@H](O[C@H]3[C@H](O)[C@H](O)[C@@H](O)O[C@@H]3CO)O[C@@H]2CO)O[C@H](CO)[C@@H](O[C@H]2O[C@H](CO)[C@@H](O[C@]3(CO)OC[C@@H](O)[C@@H](O)[C@@H]3O)[C@H](O)[C@@H]2O)[C@@H]1O. The van der Waals surface area contributed by atoms with Gasteiger partial charge in [0.1, 0.15) is 123 Å². The summed E-state index contributed by atoms with van der Waals surface area (Å²) >= 11 is 0. The van der Waals surface area contributed by atoms with Gasteiger partial charge in [-0.1, -0.05) is 0 Å². The number of hydrogen-bond acceptors (Lipinski definition) is 26. The largest absolute Gasteiger partial charge is 0.394 e. The van der Waals surface area contributed by atoms with Gasteiger partial charge in [0.15, 0.2) is 25.2 Å². The molecular weight excluding hydrogens is 814 g/mol. The van der Waals surface area contributed by atoms with E-state index in [1.807, 2.05) is 0 Å². The smallest absolute Gasteiger partial charge is 0.221 e. The number of carbonyl (C=O) groups is 1. The summed E-state index contributed by atoms with van der Waals surface area (Å²) < 4.78 is 50.0. The molecule has 5 saturated heterocycles. The Morgan fingerprint density at radius 1 is 0.559 bits per heavy atom. The van der Waals surface area contributed by atoms with Crippen LogP contribution < -0.4 is 5.32 Å². The highest BCUT2D eigenvalue weighted by atomic mass is 16.8. The maximum absolute atomic E-state index is 12.3. The zero-order chi connectivity index (χ0) is 43.7. The van der Waals surface area contributed by atoms with Gasteiger partial charge < -0.3 is 130 Å². The molecule has 0 spiro atoms. The fraction of sp³-hybridized carbons (Fsp3) is 0.969. The highest BCUT2D eigenvalue weighted by Crippen LogP contribution is 2.37. The van der Waals surface area contributed by atoms with E-state index in [-0.39, 0.29) is 0 Å². The van der Waals surface area contributed by atoms with Crippen LogP contribution in [0.1, 0.15) is 6.92 Å². The van der Waals surface area contributed by atoms with E-state index in [1.165, 1.54) is 0 Å². The summed E-state index contributed by atoms with van der Waals surface area (Å²) in [6, 6.07) is -1.68. The number of aliphatic hydroxyl groups is 16. The fourth-order valence-corrected chi connectivity index (χ4v) is 7.47. The molecule has 24 atom stereocenters. The van der Waals surface area contributed by atoms with Gasteiger partial charge in [0.2, 0.25) is 11.7 Å². The van der Waals surface area contributed by atoms with Crippen LogP contribution in [0.3, 0.4) is 0 Å². The molecule has 27 nitrogen and oxygen atoms in total. The van der Waals surface area contributed by atoms with Crippen LogP contribution in [0.4, 0.5) is 0 Å². The van der Waals surface area contributed by atoms with Crippen LogP contribution in [-0.2, 0) is 47.4 Å². The number of rotatable bonds is 14. The van der Waals surface area contributed by atoms with Gasteiger partial charge in [-0.25, -0.2) is 0 Å². The monoisotopic (exact) mass is 869 g/mol. The second kappa shape index (κ2) is 20.3. The molecule has 5 rings (SSSR count). The molecule has 0 aromatic heterocycles. The van der Waals surface area contributed by atoms with Gasteiger partial charge in [0.05, 0.1) is 33.0 Å². The van der Waals surface area contributed by atoms with Gasteiger partial charge in [0, 0.05) is 6.92 Å². The van der Waals surface area contributed by atoms with E-state index in [0.717, 1.165) is 6.92 Å². The molecule has 0 aliphatic carbocycles. The Balaban J connectivity index is 1.30. The van der Waals surface area contributed by atoms with Crippen molar-refractivity contribution < 1.29 is 129 Å². The van der Waals surface area contributed by atoms with E-state index >= 15 is 0 Å². The van der Waals surface area contributed by atoms with Gasteiger partial charge in [0.25, 0.3) is 0 Å². The van der Waals surface area contributed by atoms with Crippen molar-refractivity contribution in [1.82, 2.24) is 5.32 Å². The van der Waals surface area contributed by atoms with Crippen LogP contribution in [0, 0.1) is 0 Å². The molecule has 344 valence electrons. The molecule has 0 bridgehead atoms. The quantitative estimate of drug-likeness (QED) is 0.0770. The summed E-state index contributed by atoms with van der Waals surface area (Å²) in [7, 11) is 0. The minimum absolute atomic E-state index is 0.642. The molecule has 59 heavy (non-hydrogen) atoms. The topological polar surface area (TPSA) is 436 Å². The predicted octanol–water partition coefficient (Wildman–Crippen LogP) is -11.8. The lowest BCUT2D eigenvalue weighted by Crippen LogP contribution is -2.70. The second-order valence-corrected chi connectivity index (χ2v) is 14.8. The molecule has 5 aliphatic heterocycles. The number of ether oxygens (including phenoxy) is 9. The normalized spacial score (nSPS) is 51.0. The second-order valence-electron chi connectivity index (χ2n) is 14.8. The zero-order valence-corrected chi connectivity index (χ0v) is 31.3. The van der Waals surface area contributed by atoms with Gasteiger partial charge in [-0.3, -0.25) is 4.79 Å². The lowest BCUT2D eigenvalue weighted by Gasteiger charge is -2.51. The van der Waals surface area contributed by atoms with Crippen LogP contribution >= 0.6 is 0 Å².